The van der Waals surface area contributed by atoms with Gasteiger partial charge in [-0.2, -0.15) is 5.10 Å². The highest BCUT2D eigenvalue weighted by molar-refractivity contribution is 8.18. The topological polar surface area (TPSA) is 102 Å². The lowest BCUT2D eigenvalue weighted by atomic mass is 10.1. The van der Waals surface area contributed by atoms with Crippen LogP contribution in [0.3, 0.4) is 0 Å². The number of amidine groups is 1. The molecule has 10 heteroatoms. The fourth-order valence-corrected chi connectivity index (χ4v) is 3.53. The van der Waals surface area contributed by atoms with Gasteiger partial charge in [-0.25, -0.2) is 4.79 Å². The van der Waals surface area contributed by atoms with Crippen LogP contribution in [0, 0.1) is 0 Å². The number of benzene rings is 1. The summed E-state index contributed by atoms with van der Waals surface area (Å²) in [6.45, 7) is 3.99. The van der Waals surface area contributed by atoms with Gasteiger partial charge in [0.2, 0.25) is 0 Å². The molecule has 2 aliphatic heterocycles. The van der Waals surface area contributed by atoms with Crippen molar-refractivity contribution in [3.63, 3.8) is 0 Å². The van der Waals surface area contributed by atoms with E-state index in [4.69, 9.17) is 9.47 Å². The minimum absolute atomic E-state index is 0.211. The zero-order valence-corrected chi connectivity index (χ0v) is 17.0. The molecule has 1 aromatic carbocycles. The Bertz CT molecular complexity index is 862. The van der Waals surface area contributed by atoms with Gasteiger partial charge < -0.3 is 14.2 Å². The number of carbonyl (C=O) groups is 2. The van der Waals surface area contributed by atoms with Gasteiger partial charge in [-0.15, -0.1) is 5.10 Å². The Hall–Kier alpha value is -2.69. The molecule has 0 unspecified atom stereocenters. The van der Waals surface area contributed by atoms with E-state index in [2.05, 4.69) is 25.2 Å². The monoisotopic (exact) mass is 418 g/mol. The van der Waals surface area contributed by atoms with Gasteiger partial charge in [-0.05, 0) is 35.5 Å². The highest BCUT2D eigenvalue weighted by Gasteiger charge is 2.25. The van der Waals surface area contributed by atoms with E-state index in [0.29, 0.717) is 5.17 Å². The number of nitrogens with zero attached hydrogens (tertiary/aromatic N) is 3. The average molecular weight is 418 g/mol. The van der Waals surface area contributed by atoms with Crippen LogP contribution < -0.4 is 10.1 Å². The van der Waals surface area contributed by atoms with E-state index in [-0.39, 0.29) is 4.91 Å². The van der Waals surface area contributed by atoms with Crippen LogP contribution in [-0.2, 0) is 25.6 Å². The van der Waals surface area contributed by atoms with Gasteiger partial charge in [0.1, 0.15) is 5.75 Å². The smallest absolute Gasteiger partial charge is 0.331 e. The second kappa shape index (κ2) is 10.2. The molecule has 0 spiro atoms. The van der Waals surface area contributed by atoms with Gasteiger partial charge in [0.25, 0.3) is 5.91 Å². The molecule has 0 atom stereocenters. The van der Waals surface area contributed by atoms with Gasteiger partial charge in [0.15, 0.2) is 5.17 Å². The number of thioether (sulfide) groups is 1. The first-order chi connectivity index (χ1) is 14.1. The van der Waals surface area contributed by atoms with Crippen molar-refractivity contribution in [1.29, 1.82) is 0 Å². The molecule has 9 nitrogen and oxygen atoms in total. The third-order valence-corrected chi connectivity index (χ3v) is 5.16. The standard InChI is InChI=1S/C19H22N4O5S/c1-26-15-4-3-13(9-14(15)12-23-5-7-28-8-6-23)11-20-22-19-21-18(25)16(29-19)10-17(24)27-2/h3-4,9-11H,5-8,12H2,1-2H3,(H,21,22,25)/b16-10+,20-11?. The molecule has 1 amide bonds. The van der Waals surface area contributed by atoms with E-state index < -0.39 is 11.9 Å². The molecular formula is C19H22N4O5S. The number of amides is 1. The Morgan fingerprint density at radius 2 is 2.14 bits per heavy atom. The minimum Gasteiger partial charge on any atom is -0.496 e. The Balaban J connectivity index is 1.68. The summed E-state index contributed by atoms with van der Waals surface area (Å²) < 4.78 is 15.4. The summed E-state index contributed by atoms with van der Waals surface area (Å²) in [5.74, 6) is -0.193. The summed E-state index contributed by atoms with van der Waals surface area (Å²) in [6, 6.07) is 5.78. The van der Waals surface area contributed by atoms with E-state index >= 15 is 0 Å². The zero-order chi connectivity index (χ0) is 20.6. The van der Waals surface area contributed by atoms with Crippen LogP contribution in [0.2, 0.25) is 0 Å². The molecule has 29 heavy (non-hydrogen) atoms. The lowest BCUT2D eigenvalue weighted by Crippen LogP contribution is -2.35. The molecule has 0 bridgehead atoms. The Labute approximate surface area is 172 Å². The Morgan fingerprint density at radius 3 is 2.86 bits per heavy atom. The van der Waals surface area contributed by atoms with E-state index in [1.54, 1.807) is 13.3 Å². The van der Waals surface area contributed by atoms with Gasteiger partial charge in [0.05, 0.1) is 38.6 Å². The van der Waals surface area contributed by atoms with E-state index in [0.717, 1.165) is 67.6 Å². The summed E-state index contributed by atoms with van der Waals surface area (Å²) in [5.41, 5.74) is 1.91. The number of rotatable bonds is 6. The first-order valence-corrected chi connectivity index (χ1v) is 9.77. The molecule has 0 radical (unpaired) electrons. The Kier molecular flexibility index (Phi) is 7.39. The number of ether oxygens (including phenoxy) is 3. The maximum Gasteiger partial charge on any atom is 0.331 e. The van der Waals surface area contributed by atoms with Crippen molar-refractivity contribution in [2.24, 2.45) is 10.2 Å². The molecule has 0 saturated carbocycles. The van der Waals surface area contributed by atoms with Gasteiger partial charge in [0, 0.05) is 31.3 Å². The molecule has 1 N–H and O–H groups in total. The average Bonchev–Trinajstić information content (AvgIpc) is 3.08. The summed E-state index contributed by atoms with van der Waals surface area (Å²) >= 11 is 1.03. The van der Waals surface area contributed by atoms with Crippen LogP contribution in [0.5, 0.6) is 5.75 Å². The van der Waals surface area contributed by atoms with Crippen molar-refractivity contribution in [3.05, 3.63) is 40.3 Å². The molecule has 0 aromatic heterocycles. The van der Waals surface area contributed by atoms with Crippen LogP contribution in [0.4, 0.5) is 0 Å². The Morgan fingerprint density at radius 1 is 1.34 bits per heavy atom. The summed E-state index contributed by atoms with van der Waals surface area (Å²) in [7, 11) is 2.90. The van der Waals surface area contributed by atoms with Crippen LogP contribution in [0.25, 0.3) is 0 Å². The maximum atomic E-state index is 11.8. The van der Waals surface area contributed by atoms with E-state index in [1.807, 2.05) is 18.2 Å². The van der Waals surface area contributed by atoms with Gasteiger partial charge in [-0.3, -0.25) is 15.0 Å². The van der Waals surface area contributed by atoms with Gasteiger partial charge >= 0.3 is 5.97 Å². The molecule has 3 rings (SSSR count). The maximum absolute atomic E-state index is 11.8. The molecule has 0 aliphatic carbocycles. The summed E-state index contributed by atoms with van der Waals surface area (Å²) in [5, 5.41) is 10.9. The third kappa shape index (κ3) is 5.89. The largest absolute Gasteiger partial charge is 0.496 e. The first kappa shape index (κ1) is 21.0. The zero-order valence-electron chi connectivity index (χ0n) is 16.2. The number of hydrogen-bond acceptors (Lipinski definition) is 9. The number of nitrogens with one attached hydrogen (secondary N) is 1. The van der Waals surface area contributed by atoms with Crippen molar-refractivity contribution in [2.45, 2.75) is 6.54 Å². The van der Waals surface area contributed by atoms with Crippen LogP contribution in [0.1, 0.15) is 11.1 Å². The molecule has 2 saturated heterocycles. The number of methoxy groups -OCH3 is 2. The summed E-state index contributed by atoms with van der Waals surface area (Å²) in [6.07, 6.45) is 2.72. The fraction of sp³-hybridized carbons (Fsp3) is 0.368. The second-order valence-corrected chi connectivity index (χ2v) is 7.23. The van der Waals surface area contributed by atoms with Gasteiger partial charge in [-0.1, -0.05) is 0 Å². The van der Waals surface area contributed by atoms with Crippen LogP contribution >= 0.6 is 11.8 Å². The second-order valence-electron chi connectivity index (χ2n) is 6.20. The minimum atomic E-state index is -0.599. The van der Waals surface area contributed by atoms with Crippen LogP contribution in [0.15, 0.2) is 39.4 Å². The van der Waals surface area contributed by atoms with Crippen molar-refractivity contribution in [2.75, 3.05) is 40.5 Å². The normalized spacial score (nSPS) is 20.4. The lowest BCUT2D eigenvalue weighted by molar-refractivity contribution is -0.135. The first-order valence-electron chi connectivity index (χ1n) is 8.96. The third-order valence-electron chi connectivity index (χ3n) is 4.26. The van der Waals surface area contributed by atoms with Crippen LogP contribution in [-0.4, -0.2) is 68.7 Å². The predicted molar refractivity (Wildman–Crippen MR) is 110 cm³/mol. The SMILES string of the molecule is COC(=O)/C=C1/S/C(=N\N=Cc2ccc(OC)c(CN3CCOCC3)c2)NC1=O. The molecule has 154 valence electrons. The predicted octanol–water partition coefficient (Wildman–Crippen LogP) is 1.14. The van der Waals surface area contributed by atoms with Crippen molar-refractivity contribution >= 4 is 35.0 Å². The lowest BCUT2D eigenvalue weighted by Gasteiger charge is -2.27. The van der Waals surface area contributed by atoms with E-state index in [9.17, 15) is 9.59 Å². The number of hydrogen-bond donors (Lipinski definition) is 1. The van der Waals surface area contributed by atoms with Crippen molar-refractivity contribution in [1.82, 2.24) is 10.2 Å². The highest BCUT2D eigenvalue weighted by atomic mass is 32.2. The number of esters is 1. The van der Waals surface area contributed by atoms with Crippen molar-refractivity contribution < 1.29 is 23.8 Å². The highest BCUT2D eigenvalue weighted by Crippen LogP contribution is 2.24. The molecular weight excluding hydrogens is 396 g/mol. The molecule has 2 aliphatic rings. The van der Waals surface area contributed by atoms with Crippen molar-refractivity contribution in [3.8, 4) is 5.75 Å². The number of morpholine rings is 1. The molecule has 1 aromatic rings. The summed E-state index contributed by atoms with van der Waals surface area (Å²) in [4.78, 5) is 25.6. The fourth-order valence-electron chi connectivity index (χ4n) is 2.79. The molecule has 2 heterocycles. The van der Waals surface area contributed by atoms with E-state index in [1.165, 1.54) is 7.11 Å². The molecule has 2 fully saturated rings. The number of carbonyl (C=O) groups excluding carboxylic acids is 2. The quantitative estimate of drug-likeness (QED) is 0.320.